The molecule has 1 aromatic carbocycles. The van der Waals surface area contributed by atoms with Crippen molar-refractivity contribution in [1.29, 1.82) is 0 Å². The maximum absolute atomic E-state index is 12.6. The van der Waals surface area contributed by atoms with Crippen molar-refractivity contribution in [3.63, 3.8) is 0 Å². The smallest absolute Gasteiger partial charge is 0.246 e. The van der Waals surface area contributed by atoms with Crippen molar-refractivity contribution in [1.82, 2.24) is 20.0 Å². The second-order valence-electron chi connectivity index (χ2n) is 6.25. The summed E-state index contributed by atoms with van der Waals surface area (Å²) in [6.07, 6.45) is 3.57. The average molecular weight is 432 g/mol. The highest BCUT2D eigenvalue weighted by molar-refractivity contribution is 7.99. The Balaban J connectivity index is 0.00000182. The van der Waals surface area contributed by atoms with Crippen LogP contribution in [0.3, 0.4) is 0 Å². The van der Waals surface area contributed by atoms with E-state index < -0.39 is 6.04 Å². The van der Waals surface area contributed by atoms with E-state index >= 15 is 0 Å². The molecule has 3 rings (SSSR count). The zero-order valence-corrected chi connectivity index (χ0v) is 18.0. The Labute approximate surface area is 177 Å². The van der Waals surface area contributed by atoms with Gasteiger partial charge in [0.1, 0.15) is 6.04 Å². The number of rotatable bonds is 6. The van der Waals surface area contributed by atoms with Gasteiger partial charge in [-0.1, -0.05) is 12.1 Å². The number of hydrogen-bond donors (Lipinski definition) is 2. The molecule has 1 aliphatic rings. The van der Waals surface area contributed by atoms with Crippen LogP contribution in [0.25, 0.3) is 0 Å². The van der Waals surface area contributed by atoms with Crippen LogP contribution < -0.4 is 10.6 Å². The van der Waals surface area contributed by atoms with Crippen molar-refractivity contribution < 1.29 is 4.79 Å². The summed E-state index contributed by atoms with van der Waals surface area (Å²) in [4.78, 5) is 15.1. The van der Waals surface area contributed by atoms with Crippen LogP contribution in [0.4, 0.5) is 5.69 Å². The fourth-order valence-electron chi connectivity index (χ4n) is 3.02. The summed E-state index contributed by atoms with van der Waals surface area (Å²) in [5.74, 6) is 2.32. The second kappa shape index (κ2) is 11.6. The van der Waals surface area contributed by atoms with Gasteiger partial charge in [0, 0.05) is 55.6 Å². The molecule has 1 aromatic heterocycles. The number of hydrogen-bond acceptors (Lipinski definition) is 5. The molecule has 2 aromatic rings. The molecule has 1 amide bonds. The number of nitrogens with one attached hydrogen (secondary N) is 2. The number of aryl methyl sites for hydroxylation is 1. The molecule has 27 heavy (non-hydrogen) atoms. The largest absolute Gasteiger partial charge is 0.324 e. The van der Waals surface area contributed by atoms with Gasteiger partial charge < -0.3 is 10.6 Å². The van der Waals surface area contributed by atoms with E-state index in [4.69, 9.17) is 0 Å². The van der Waals surface area contributed by atoms with Crippen molar-refractivity contribution in [2.75, 3.05) is 37.0 Å². The van der Waals surface area contributed by atoms with Crippen LogP contribution in [0.2, 0.25) is 0 Å². The van der Waals surface area contributed by atoms with Crippen molar-refractivity contribution >= 4 is 48.2 Å². The third-order valence-electron chi connectivity index (χ3n) is 4.31. The number of amides is 1. The monoisotopic (exact) mass is 431 g/mol. The lowest BCUT2D eigenvalue weighted by Crippen LogP contribution is -2.32. The van der Waals surface area contributed by atoms with Crippen LogP contribution in [0, 0.1) is 0 Å². The number of anilines is 1. The minimum atomic E-state index is -0.420. The average Bonchev–Trinajstić information content (AvgIpc) is 3.03. The predicted molar refractivity (Wildman–Crippen MR) is 117 cm³/mol. The first-order chi connectivity index (χ1) is 12.2. The Kier molecular flexibility index (Phi) is 10.2. The molecular formula is C18H27Cl2N5OS. The van der Waals surface area contributed by atoms with E-state index in [0.29, 0.717) is 0 Å². The molecule has 0 radical (unpaired) electrons. The van der Waals surface area contributed by atoms with Gasteiger partial charge in [-0.05, 0) is 24.7 Å². The quantitative estimate of drug-likeness (QED) is 0.735. The molecule has 1 saturated heterocycles. The molecular weight excluding hydrogens is 405 g/mol. The zero-order chi connectivity index (χ0) is 17.6. The van der Waals surface area contributed by atoms with Crippen LogP contribution in [-0.2, 0) is 18.4 Å². The van der Waals surface area contributed by atoms with E-state index in [1.165, 1.54) is 17.1 Å². The highest BCUT2D eigenvalue weighted by Crippen LogP contribution is 2.18. The van der Waals surface area contributed by atoms with E-state index in [0.717, 1.165) is 30.9 Å². The first-order valence-corrected chi connectivity index (χ1v) is 9.67. The third kappa shape index (κ3) is 6.69. The summed E-state index contributed by atoms with van der Waals surface area (Å²) < 4.78 is 1.70. The van der Waals surface area contributed by atoms with Crippen LogP contribution >= 0.6 is 36.6 Å². The van der Waals surface area contributed by atoms with Gasteiger partial charge in [-0.25, -0.2) is 0 Å². The van der Waals surface area contributed by atoms with Gasteiger partial charge in [-0.2, -0.15) is 16.9 Å². The summed E-state index contributed by atoms with van der Waals surface area (Å²) in [6, 6.07) is 7.70. The summed E-state index contributed by atoms with van der Waals surface area (Å²) in [5.41, 5.74) is 2.91. The Morgan fingerprint density at radius 3 is 2.67 bits per heavy atom. The van der Waals surface area contributed by atoms with E-state index in [1.54, 1.807) is 17.9 Å². The summed E-state index contributed by atoms with van der Waals surface area (Å²) in [7, 11) is 3.62. The number of aromatic nitrogens is 2. The van der Waals surface area contributed by atoms with Gasteiger partial charge in [-0.15, -0.1) is 24.8 Å². The lowest BCUT2D eigenvalue weighted by molar-refractivity contribution is -0.118. The van der Waals surface area contributed by atoms with E-state index in [9.17, 15) is 4.79 Å². The topological polar surface area (TPSA) is 62.2 Å². The standard InChI is InChI=1S/C18H25N5OS.2ClH/c1-19-17(15-11-20-22(2)13-15)18(24)21-16-5-3-4-14(10-16)12-23-6-8-25-9-7-23;;/h3-5,10-11,13,17,19H,6-9,12H2,1-2H3,(H,21,24);2*1H. The maximum atomic E-state index is 12.6. The van der Waals surface area contributed by atoms with Crippen molar-refractivity contribution in [2.45, 2.75) is 12.6 Å². The maximum Gasteiger partial charge on any atom is 0.246 e. The molecule has 1 aliphatic heterocycles. The van der Waals surface area contributed by atoms with Gasteiger partial charge in [0.05, 0.1) is 6.20 Å². The molecule has 150 valence electrons. The number of likely N-dealkylation sites (N-methyl/N-ethyl adjacent to an activating group) is 1. The van der Waals surface area contributed by atoms with Crippen LogP contribution in [0.1, 0.15) is 17.2 Å². The minimum absolute atomic E-state index is 0. The van der Waals surface area contributed by atoms with Crippen LogP contribution in [-0.4, -0.2) is 52.2 Å². The second-order valence-corrected chi connectivity index (χ2v) is 7.47. The van der Waals surface area contributed by atoms with E-state index in [-0.39, 0.29) is 30.7 Å². The molecule has 2 N–H and O–H groups in total. The highest BCUT2D eigenvalue weighted by atomic mass is 35.5. The normalized spacial score (nSPS) is 15.3. The fraction of sp³-hybridized carbons (Fsp3) is 0.444. The van der Waals surface area contributed by atoms with E-state index in [2.05, 4.69) is 32.8 Å². The number of halogens is 2. The van der Waals surface area contributed by atoms with E-state index in [1.807, 2.05) is 37.1 Å². The molecule has 0 saturated carbocycles. The molecule has 0 spiro atoms. The lowest BCUT2D eigenvalue weighted by Gasteiger charge is -2.26. The first-order valence-electron chi connectivity index (χ1n) is 8.51. The Morgan fingerprint density at radius 1 is 1.30 bits per heavy atom. The fourth-order valence-corrected chi connectivity index (χ4v) is 4.00. The van der Waals surface area contributed by atoms with Gasteiger partial charge in [0.2, 0.25) is 5.91 Å². The SMILES string of the molecule is CNC(C(=O)Nc1cccc(CN2CCSCC2)c1)c1cnn(C)c1.Cl.Cl. The zero-order valence-electron chi connectivity index (χ0n) is 15.6. The molecule has 6 nitrogen and oxygen atoms in total. The number of carbonyl (C=O) groups is 1. The van der Waals surface area contributed by atoms with Crippen LogP contribution in [0.5, 0.6) is 0 Å². The molecule has 1 unspecified atom stereocenters. The molecule has 9 heteroatoms. The lowest BCUT2D eigenvalue weighted by atomic mass is 10.1. The number of benzene rings is 1. The molecule has 1 atom stereocenters. The van der Waals surface area contributed by atoms with Crippen molar-refractivity contribution in [3.05, 3.63) is 47.8 Å². The Bertz CT molecular complexity index is 721. The first kappa shape index (κ1) is 23.8. The van der Waals surface area contributed by atoms with Crippen LogP contribution in [0.15, 0.2) is 36.7 Å². The highest BCUT2D eigenvalue weighted by Gasteiger charge is 2.20. The Hall–Kier alpha value is -1.25. The van der Waals surface area contributed by atoms with Crippen molar-refractivity contribution in [2.24, 2.45) is 7.05 Å². The van der Waals surface area contributed by atoms with Gasteiger partial charge in [0.25, 0.3) is 0 Å². The molecule has 0 bridgehead atoms. The predicted octanol–water partition coefficient (Wildman–Crippen LogP) is 2.71. The molecule has 0 aliphatic carbocycles. The van der Waals surface area contributed by atoms with Gasteiger partial charge >= 0.3 is 0 Å². The number of thioether (sulfide) groups is 1. The summed E-state index contributed by atoms with van der Waals surface area (Å²) >= 11 is 2.01. The summed E-state index contributed by atoms with van der Waals surface area (Å²) in [5, 5.41) is 10.2. The minimum Gasteiger partial charge on any atom is -0.324 e. The van der Waals surface area contributed by atoms with Gasteiger partial charge in [0.15, 0.2) is 0 Å². The number of nitrogens with zero attached hydrogens (tertiary/aromatic N) is 3. The van der Waals surface area contributed by atoms with Crippen molar-refractivity contribution in [3.8, 4) is 0 Å². The summed E-state index contributed by atoms with van der Waals surface area (Å²) in [6.45, 7) is 3.19. The third-order valence-corrected chi connectivity index (χ3v) is 5.26. The number of carbonyl (C=O) groups excluding carboxylic acids is 1. The molecule has 1 fully saturated rings. The molecule has 2 heterocycles. The Morgan fingerprint density at radius 2 is 2.04 bits per heavy atom. The van der Waals surface area contributed by atoms with Gasteiger partial charge in [-0.3, -0.25) is 14.4 Å².